The van der Waals surface area contributed by atoms with Gasteiger partial charge in [-0.05, 0) is 56.8 Å². The van der Waals surface area contributed by atoms with E-state index in [1.807, 2.05) is 6.20 Å². The number of likely N-dealkylation sites (N-methyl/N-ethyl adjacent to an activating group) is 1. The van der Waals surface area contributed by atoms with E-state index in [2.05, 4.69) is 69.0 Å². The molecule has 3 aliphatic heterocycles. The van der Waals surface area contributed by atoms with Gasteiger partial charge in [-0.1, -0.05) is 0 Å². The lowest BCUT2D eigenvalue weighted by Crippen LogP contribution is -2.44. The molecule has 0 bridgehead atoms. The largest absolute Gasteiger partial charge is 0.474 e. The maximum Gasteiger partial charge on any atom is 0.237 e. The third-order valence-corrected chi connectivity index (χ3v) is 7.13. The Bertz CT molecular complexity index is 1220. The molecule has 35 heavy (non-hydrogen) atoms. The molecule has 1 aromatic carbocycles. The third kappa shape index (κ3) is 4.37. The average molecular weight is 473 g/mol. The average Bonchev–Trinajstić information content (AvgIpc) is 2.90. The maximum absolute atomic E-state index is 5.73. The molecule has 3 N–H and O–H groups in total. The molecule has 2 aromatic heterocycles. The second kappa shape index (κ2) is 9.31. The molecule has 0 spiro atoms. The predicted molar refractivity (Wildman–Crippen MR) is 139 cm³/mol. The van der Waals surface area contributed by atoms with Crippen LogP contribution >= 0.6 is 0 Å². The molecular weight excluding hydrogens is 440 g/mol. The fraction of sp³-hybridized carbons (Fsp3) is 0.423. The number of benzene rings is 1. The Hall–Kier alpha value is -3.43. The molecule has 9 nitrogen and oxygen atoms in total. The Morgan fingerprint density at radius 2 is 1.86 bits per heavy atom. The van der Waals surface area contributed by atoms with Crippen LogP contribution < -0.4 is 25.6 Å². The first-order chi connectivity index (χ1) is 17.2. The van der Waals surface area contributed by atoms with Gasteiger partial charge in [0, 0.05) is 68.0 Å². The van der Waals surface area contributed by atoms with Crippen LogP contribution in [0.1, 0.15) is 16.8 Å². The normalized spacial score (nSPS) is 17.7. The van der Waals surface area contributed by atoms with Gasteiger partial charge in [0.2, 0.25) is 11.8 Å². The summed E-state index contributed by atoms with van der Waals surface area (Å²) in [5.41, 5.74) is 8.52. The summed E-state index contributed by atoms with van der Waals surface area (Å²) < 4.78 is 5.73. The first kappa shape index (κ1) is 22.1. The van der Waals surface area contributed by atoms with Gasteiger partial charge in [-0.15, -0.1) is 0 Å². The summed E-state index contributed by atoms with van der Waals surface area (Å²) in [5.74, 6) is 1.28. The topological polar surface area (TPSA) is 90.5 Å². The molecule has 9 heteroatoms. The number of hydrogen-bond donors (Lipinski definition) is 3. The fourth-order valence-electron chi connectivity index (χ4n) is 5.05. The van der Waals surface area contributed by atoms with Gasteiger partial charge in [0.25, 0.3) is 0 Å². The van der Waals surface area contributed by atoms with Crippen LogP contribution in [0.3, 0.4) is 0 Å². The minimum Gasteiger partial charge on any atom is -0.474 e. The van der Waals surface area contributed by atoms with E-state index in [1.165, 1.54) is 11.3 Å². The van der Waals surface area contributed by atoms with Crippen LogP contribution in [0.2, 0.25) is 0 Å². The van der Waals surface area contributed by atoms with Gasteiger partial charge in [-0.25, -0.2) is 15.0 Å². The molecule has 0 unspecified atom stereocenters. The number of anilines is 4. The fourth-order valence-corrected chi connectivity index (χ4v) is 5.05. The van der Waals surface area contributed by atoms with Crippen molar-refractivity contribution in [3.8, 4) is 17.1 Å². The first-order valence-electron chi connectivity index (χ1n) is 12.4. The van der Waals surface area contributed by atoms with Gasteiger partial charge in [-0.3, -0.25) is 0 Å². The summed E-state index contributed by atoms with van der Waals surface area (Å²) in [6.07, 6.45) is 2.78. The Morgan fingerprint density at radius 3 is 2.69 bits per heavy atom. The molecule has 0 radical (unpaired) electrons. The van der Waals surface area contributed by atoms with E-state index >= 15 is 0 Å². The lowest BCUT2D eigenvalue weighted by atomic mass is 9.97. The summed E-state index contributed by atoms with van der Waals surface area (Å²) in [7, 11) is 2.18. The predicted octanol–water partition coefficient (Wildman–Crippen LogP) is 2.79. The quantitative estimate of drug-likeness (QED) is 0.530. The van der Waals surface area contributed by atoms with Crippen LogP contribution in [0.25, 0.3) is 11.3 Å². The number of pyridine rings is 1. The SMILES string of the molecule is Cc1c(-c2nc(Nc3ccc(N4CCN(C)CC4)cc3)nc3c2CCNC3)cnc2c1NCCO2. The zero-order valence-electron chi connectivity index (χ0n) is 20.4. The van der Waals surface area contributed by atoms with E-state index in [1.54, 1.807) is 0 Å². The van der Waals surface area contributed by atoms with Crippen LogP contribution in [0.15, 0.2) is 30.5 Å². The van der Waals surface area contributed by atoms with Crippen molar-refractivity contribution in [2.75, 3.05) is 68.5 Å². The summed E-state index contributed by atoms with van der Waals surface area (Å²) in [6, 6.07) is 8.58. The van der Waals surface area contributed by atoms with Crippen molar-refractivity contribution in [2.45, 2.75) is 19.9 Å². The molecule has 1 fully saturated rings. The van der Waals surface area contributed by atoms with Crippen molar-refractivity contribution in [3.63, 3.8) is 0 Å². The Kier molecular flexibility index (Phi) is 5.87. The highest BCUT2D eigenvalue weighted by Crippen LogP contribution is 2.37. The van der Waals surface area contributed by atoms with Gasteiger partial charge in [0.15, 0.2) is 0 Å². The molecule has 3 aromatic rings. The van der Waals surface area contributed by atoms with Crippen molar-refractivity contribution < 1.29 is 4.74 Å². The molecule has 3 aliphatic rings. The highest BCUT2D eigenvalue weighted by atomic mass is 16.5. The van der Waals surface area contributed by atoms with Crippen LogP contribution in [0, 0.1) is 6.92 Å². The van der Waals surface area contributed by atoms with E-state index in [0.717, 1.165) is 86.1 Å². The van der Waals surface area contributed by atoms with Gasteiger partial charge < -0.3 is 30.5 Å². The third-order valence-electron chi connectivity index (χ3n) is 7.13. The highest BCUT2D eigenvalue weighted by Gasteiger charge is 2.23. The lowest BCUT2D eigenvalue weighted by molar-refractivity contribution is 0.310. The second-order valence-corrected chi connectivity index (χ2v) is 9.46. The molecule has 0 atom stereocenters. The minimum absolute atomic E-state index is 0.608. The van der Waals surface area contributed by atoms with Crippen molar-refractivity contribution in [3.05, 3.63) is 47.3 Å². The van der Waals surface area contributed by atoms with Crippen LogP contribution in [-0.2, 0) is 13.0 Å². The number of aromatic nitrogens is 3. The van der Waals surface area contributed by atoms with E-state index in [0.29, 0.717) is 18.4 Å². The molecule has 182 valence electrons. The maximum atomic E-state index is 5.73. The highest BCUT2D eigenvalue weighted by molar-refractivity contribution is 5.77. The Labute approximate surface area is 205 Å². The molecule has 6 rings (SSSR count). The van der Waals surface area contributed by atoms with E-state index in [9.17, 15) is 0 Å². The van der Waals surface area contributed by atoms with Gasteiger partial charge in [-0.2, -0.15) is 0 Å². The summed E-state index contributed by atoms with van der Waals surface area (Å²) >= 11 is 0. The van der Waals surface area contributed by atoms with Crippen LogP contribution in [-0.4, -0.2) is 72.8 Å². The zero-order chi connectivity index (χ0) is 23.8. The van der Waals surface area contributed by atoms with Crippen molar-refractivity contribution >= 4 is 23.0 Å². The molecule has 0 amide bonds. The van der Waals surface area contributed by atoms with Crippen molar-refractivity contribution in [2.24, 2.45) is 0 Å². The van der Waals surface area contributed by atoms with Gasteiger partial charge in [0.05, 0.1) is 11.4 Å². The number of hydrogen-bond acceptors (Lipinski definition) is 9. The second-order valence-electron chi connectivity index (χ2n) is 9.46. The smallest absolute Gasteiger partial charge is 0.237 e. The number of rotatable bonds is 4. The number of fused-ring (bicyclic) bond motifs is 2. The van der Waals surface area contributed by atoms with Crippen LogP contribution in [0.5, 0.6) is 5.88 Å². The zero-order valence-corrected chi connectivity index (χ0v) is 20.4. The lowest BCUT2D eigenvalue weighted by Gasteiger charge is -2.34. The summed E-state index contributed by atoms with van der Waals surface area (Å²) in [6.45, 7) is 9.48. The first-order valence-corrected chi connectivity index (χ1v) is 12.4. The van der Waals surface area contributed by atoms with Gasteiger partial charge >= 0.3 is 0 Å². The number of nitrogens with zero attached hydrogens (tertiary/aromatic N) is 5. The Balaban J connectivity index is 1.31. The summed E-state index contributed by atoms with van der Waals surface area (Å²) in [4.78, 5) is 19.3. The minimum atomic E-state index is 0.608. The standard InChI is InChI=1S/C26H32N8O/c1-17-21(15-29-25-23(17)28-9-14-35-25)24-20-7-8-27-16-22(20)31-26(32-24)30-18-3-5-19(6-4-18)34-12-10-33(2)11-13-34/h3-6,15,27-28H,7-14,16H2,1-2H3,(H,30,31,32). The number of ether oxygens (including phenoxy) is 1. The van der Waals surface area contributed by atoms with E-state index in [4.69, 9.17) is 14.7 Å². The molecule has 5 heterocycles. The molecule has 1 saturated heterocycles. The Morgan fingerprint density at radius 1 is 1.03 bits per heavy atom. The monoisotopic (exact) mass is 472 g/mol. The van der Waals surface area contributed by atoms with E-state index < -0.39 is 0 Å². The molecular formula is C26H32N8O. The summed E-state index contributed by atoms with van der Waals surface area (Å²) in [5, 5.41) is 10.3. The molecule has 0 aliphatic carbocycles. The number of nitrogens with one attached hydrogen (secondary N) is 3. The van der Waals surface area contributed by atoms with Crippen LogP contribution in [0.4, 0.5) is 23.0 Å². The number of piperazine rings is 1. The van der Waals surface area contributed by atoms with Crippen molar-refractivity contribution in [1.82, 2.24) is 25.2 Å². The van der Waals surface area contributed by atoms with Gasteiger partial charge in [0.1, 0.15) is 12.3 Å². The van der Waals surface area contributed by atoms with E-state index in [-0.39, 0.29) is 0 Å². The van der Waals surface area contributed by atoms with Crippen molar-refractivity contribution in [1.29, 1.82) is 0 Å². The molecule has 0 saturated carbocycles.